The van der Waals surface area contributed by atoms with Crippen molar-refractivity contribution in [3.63, 3.8) is 0 Å². The fourth-order valence-electron chi connectivity index (χ4n) is 3.44. The fraction of sp³-hybridized carbons (Fsp3) is 0.444. The lowest BCUT2D eigenvalue weighted by Crippen LogP contribution is -2.37. The third kappa shape index (κ3) is 4.46. The van der Waals surface area contributed by atoms with E-state index >= 15 is 0 Å². The maximum atomic E-state index is 12.3. The van der Waals surface area contributed by atoms with Gasteiger partial charge in [-0.1, -0.05) is 5.16 Å². The van der Waals surface area contributed by atoms with E-state index in [9.17, 15) is 13.2 Å². The van der Waals surface area contributed by atoms with E-state index in [1.54, 1.807) is 24.5 Å². The van der Waals surface area contributed by atoms with Crippen LogP contribution in [0.4, 0.5) is 0 Å². The number of carbonyl (C=O) groups excluding carboxylic acids is 1. The number of aromatic amines is 1. The summed E-state index contributed by atoms with van der Waals surface area (Å²) in [7, 11) is -3.15. The van der Waals surface area contributed by atoms with Crippen LogP contribution in [0.15, 0.2) is 29.0 Å². The van der Waals surface area contributed by atoms with Crippen molar-refractivity contribution in [2.75, 3.05) is 25.9 Å². The van der Waals surface area contributed by atoms with E-state index in [0.717, 1.165) is 11.0 Å². The molecule has 4 rings (SSSR count). The SMILES string of the molecule is CS(=O)(=O)N1CCC(c2noc(CCNC(=O)c3ccc4nc[nH]c4c3)n2)CC1. The van der Waals surface area contributed by atoms with E-state index in [1.807, 2.05) is 0 Å². The highest BCUT2D eigenvalue weighted by atomic mass is 32.2. The van der Waals surface area contributed by atoms with Crippen molar-refractivity contribution in [3.8, 4) is 0 Å². The molecule has 0 bridgehead atoms. The van der Waals surface area contributed by atoms with Crippen LogP contribution in [0, 0.1) is 0 Å². The average molecular weight is 418 g/mol. The zero-order valence-corrected chi connectivity index (χ0v) is 16.8. The number of aromatic nitrogens is 4. The number of fused-ring (bicyclic) bond motifs is 1. The van der Waals surface area contributed by atoms with Crippen LogP contribution in [0.3, 0.4) is 0 Å². The highest BCUT2D eigenvalue weighted by Crippen LogP contribution is 2.27. The summed E-state index contributed by atoms with van der Waals surface area (Å²) >= 11 is 0. The number of rotatable bonds is 6. The van der Waals surface area contributed by atoms with E-state index in [4.69, 9.17) is 4.52 Å². The molecule has 29 heavy (non-hydrogen) atoms. The number of H-pyrrole nitrogens is 1. The molecule has 1 aliphatic rings. The van der Waals surface area contributed by atoms with Crippen LogP contribution in [0.5, 0.6) is 0 Å². The molecule has 11 heteroatoms. The van der Waals surface area contributed by atoms with Crippen LogP contribution in [-0.4, -0.2) is 64.6 Å². The maximum Gasteiger partial charge on any atom is 0.251 e. The Bertz CT molecular complexity index is 1110. The first-order valence-electron chi connectivity index (χ1n) is 9.39. The summed E-state index contributed by atoms with van der Waals surface area (Å²) in [4.78, 5) is 23.8. The molecule has 0 aliphatic carbocycles. The van der Waals surface area contributed by atoms with Crippen LogP contribution in [-0.2, 0) is 16.4 Å². The Balaban J connectivity index is 1.28. The quantitative estimate of drug-likeness (QED) is 0.611. The molecule has 0 radical (unpaired) electrons. The lowest BCUT2D eigenvalue weighted by atomic mass is 9.97. The first-order valence-corrected chi connectivity index (χ1v) is 11.2. The van der Waals surface area contributed by atoms with Gasteiger partial charge in [-0.05, 0) is 31.0 Å². The second-order valence-corrected chi connectivity index (χ2v) is 9.11. The number of piperidine rings is 1. The van der Waals surface area contributed by atoms with Crippen molar-refractivity contribution in [2.45, 2.75) is 25.2 Å². The van der Waals surface area contributed by atoms with Crippen LogP contribution in [0.25, 0.3) is 11.0 Å². The number of hydrogen-bond acceptors (Lipinski definition) is 7. The fourth-order valence-corrected chi connectivity index (χ4v) is 4.32. The number of hydrogen-bond donors (Lipinski definition) is 2. The number of sulfonamides is 1. The van der Waals surface area contributed by atoms with Crippen molar-refractivity contribution in [2.24, 2.45) is 0 Å². The maximum absolute atomic E-state index is 12.3. The monoisotopic (exact) mass is 418 g/mol. The predicted molar refractivity (Wildman–Crippen MR) is 105 cm³/mol. The molecule has 1 aliphatic heterocycles. The van der Waals surface area contributed by atoms with Gasteiger partial charge in [0.05, 0.1) is 23.6 Å². The molecular formula is C18H22N6O4S. The van der Waals surface area contributed by atoms with Gasteiger partial charge in [-0.2, -0.15) is 4.98 Å². The van der Waals surface area contributed by atoms with Gasteiger partial charge >= 0.3 is 0 Å². The Kier molecular flexibility index (Phi) is 5.33. The molecule has 3 heterocycles. The minimum atomic E-state index is -3.15. The molecule has 0 spiro atoms. The standard InChI is InChI=1S/C18H22N6O4S/c1-29(26,27)24-8-5-12(6-9-24)17-22-16(28-23-17)4-7-19-18(25)13-2-3-14-15(10-13)21-11-20-14/h2-3,10-12H,4-9H2,1H3,(H,19,25)(H,20,21). The summed E-state index contributed by atoms with van der Waals surface area (Å²) in [6.45, 7) is 1.29. The van der Waals surface area contributed by atoms with Gasteiger partial charge in [0.15, 0.2) is 5.82 Å². The Labute approximate surface area is 167 Å². The highest BCUT2D eigenvalue weighted by Gasteiger charge is 2.28. The number of nitrogens with zero attached hydrogens (tertiary/aromatic N) is 4. The van der Waals surface area contributed by atoms with Crippen LogP contribution >= 0.6 is 0 Å². The number of benzene rings is 1. The van der Waals surface area contributed by atoms with Gasteiger partial charge < -0.3 is 14.8 Å². The first kappa shape index (κ1) is 19.5. The first-order chi connectivity index (χ1) is 13.9. The zero-order chi connectivity index (χ0) is 20.4. The van der Waals surface area contributed by atoms with Crippen molar-refractivity contribution in [1.29, 1.82) is 0 Å². The molecule has 1 fully saturated rings. The van der Waals surface area contributed by atoms with E-state index in [0.29, 0.717) is 56.2 Å². The van der Waals surface area contributed by atoms with Gasteiger partial charge in [-0.15, -0.1) is 0 Å². The molecule has 10 nitrogen and oxygen atoms in total. The predicted octanol–water partition coefficient (Wildman–Crippen LogP) is 1.06. The number of carbonyl (C=O) groups is 1. The summed E-state index contributed by atoms with van der Waals surface area (Å²) in [6.07, 6.45) is 4.57. The second-order valence-electron chi connectivity index (χ2n) is 7.12. The van der Waals surface area contributed by atoms with E-state index in [1.165, 1.54) is 10.6 Å². The zero-order valence-electron chi connectivity index (χ0n) is 16.0. The van der Waals surface area contributed by atoms with Crippen LogP contribution in [0.1, 0.15) is 40.8 Å². The molecule has 1 saturated heterocycles. The molecule has 1 aromatic carbocycles. The Morgan fingerprint density at radius 2 is 2.14 bits per heavy atom. The lowest BCUT2D eigenvalue weighted by molar-refractivity contribution is 0.0953. The number of imidazole rings is 1. The second kappa shape index (κ2) is 7.91. The third-order valence-electron chi connectivity index (χ3n) is 5.08. The summed E-state index contributed by atoms with van der Waals surface area (Å²) < 4.78 is 30.0. The molecule has 154 valence electrons. The minimum absolute atomic E-state index is 0.0845. The van der Waals surface area contributed by atoms with Gasteiger partial charge in [-0.3, -0.25) is 4.79 Å². The molecule has 1 amide bonds. The lowest BCUT2D eigenvalue weighted by Gasteiger charge is -2.28. The van der Waals surface area contributed by atoms with Crippen molar-refractivity contribution in [3.05, 3.63) is 41.8 Å². The summed E-state index contributed by atoms with van der Waals surface area (Å²) in [6, 6.07) is 5.28. The average Bonchev–Trinajstić information content (AvgIpc) is 3.36. The molecule has 2 aromatic heterocycles. The summed E-state index contributed by atoms with van der Waals surface area (Å²) in [5.41, 5.74) is 2.16. The molecule has 2 N–H and O–H groups in total. The van der Waals surface area contributed by atoms with Crippen LogP contribution < -0.4 is 5.32 Å². The molecular weight excluding hydrogens is 396 g/mol. The summed E-state index contributed by atoms with van der Waals surface area (Å²) in [5.74, 6) is 0.953. The van der Waals surface area contributed by atoms with Gasteiger partial charge in [0.1, 0.15) is 0 Å². The Hall–Kier alpha value is -2.79. The van der Waals surface area contributed by atoms with E-state index in [2.05, 4.69) is 25.4 Å². The molecule has 0 unspecified atom stereocenters. The van der Waals surface area contributed by atoms with Gasteiger partial charge in [0, 0.05) is 37.5 Å². The minimum Gasteiger partial charge on any atom is -0.352 e. The third-order valence-corrected chi connectivity index (χ3v) is 6.38. The van der Waals surface area contributed by atoms with E-state index in [-0.39, 0.29) is 11.8 Å². The van der Waals surface area contributed by atoms with Gasteiger partial charge in [0.2, 0.25) is 15.9 Å². The van der Waals surface area contributed by atoms with Crippen molar-refractivity contribution >= 4 is 27.0 Å². The molecule has 3 aromatic rings. The smallest absolute Gasteiger partial charge is 0.251 e. The number of amides is 1. The van der Waals surface area contributed by atoms with E-state index < -0.39 is 10.0 Å². The highest BCUT2D eigenvalue weighted by molar-refractivity contribution is 7.88. The topological polar surface area (TPSA) is 134 Å². The largest absolute Gasteiger partial charge is 0.352 e. The van der Waals surface area contributed by atoms with Crippen molar-refractivity contribution < 1.29 is 17.7 Å². The van der Waals surface area contributed by atoms with Gasteiger partial charge in [0.25, 0.3) is 5.91 Å². The Morgan fingerprint density at radius 3 is 2.90 bits per heavy atom. The molecule has 0 atom stereocenters. The number of nitrogens with one attached hydrogen (secondary N) is 2. The normalized spacial score (nSPS) is 16.3. The van der Waals surface area contributed by atoms with Crippen LogP contribution in [0.2, 0.25) is 0 Å². The molecule has 0 saturated carbocycles. The summed E-state index contributed by atoms with van der Waals surface area (Å²) in [5, 5.41) is 6.87. The Morgan fingerprint density at radius 1 is 1.34 bits per heavy atom. The van der Waals surface area contributed by atoms with Crippen molar-refractivity contribution in [1.82, 2.24) is 29.7 Å². The van der Waals surface area contributed by atoms with Gasteiger partial charge in [-0.25, -0.2) is 17.7 Å².